The summed E-state index contributed by atoms with van der Waals surface area (Å²) in [7, 11) is 0. The molecule has 2 aliphatic heterocycles. The number of carbonyl (C=O) groups is 3. The number of carbonyl (C=O) groups excluding carboxylic acids is 3. The Labute approximate surface area is 157 Å². The predicted molar refractivity (Wildman–Crippen MR) is 99.7 cm³/mol. The highest BCUT2D eigenvalue weighted by molar-refractivity contribution is 6.38. The van der Waals surface area contributed by atoms with Gasteiger partial charge in [0.25, 0.3) is 5.91 Å². The van der Waals surface area contributed by atoms with E-state index in [0.717, 1.165) is 32.5 Å². The molecule has 6 nitrogen and oxygen atoms in total. The zero-order valence-corrected chi connectivity index (χ0v) is 16.8. The van der Waals surface area contributed by atoms with E-state index >= 15 is 0 Å². The quantitative estimate of drug-likeness (QED) is 0.552. The molecule has 2 unspecified atom stereocenters. The van der Waals surface area contributed by atoms with Gasteiger partial charge in [0.15, 0.2) is 0 Å². The van der Waals surface area contributed by atoms with Gasteiger partial charge in [0.2, 0.25) is 5.78 Å². The Morgan fingerprint density at radius 1 is 1.00 bits per heavy atom. The van der Waals surface area contributed by atoms with Crippen LogP contribution in [0.15, 0.2) is 0 Å². The van der Waals surface area contributed by atoms with Crippen LogP contribution in [0.4, 0.5) is 0 Å². The van der Waals surface area contributed by atoms with E-state index in [1.54, 1.807) is 20.8 Å². The first-order valence-corrected chi connectivity index (χ1v) is 9.98. The molecule has 0 saturated carbocycles. The van der Waals surface area contributed by atoms with Gasteiger partial charge >= 0.3 is 5.97 Å². The zero-order chi connectivity index (χ0) is 19.3. The highest BCUT2D eigenvalue weighted by atomic mass is 16.5. The van der Waals surface area contributed by atoms with Crippen molar-refractivity contribution in [2.75, 3.05) is 26.2 Å². The number of ketones is 1. The molecular formula is C20H34N2O4. The molecule has 0 bridgehead atoms. The molecule has 0 aliphatic carbocycles. The Balaban J connectivity index is 1.95. The predicted octanol–water partition coefficient (Wildman–Crippen LogP) is 2.40. The van der Waals surface area contributed by atoms with Crippen LogP contribution in [-0.4, -0.2) is 65.8 Å². The molecule has 2 fully saturated rings. The van der Waals surface area contributed by atoms with Crippen molar-refractivity contribution in [2.24, 2.45) is 5.41 Å². The van der Waals surface area contributed by atoms with Gasteiger partial charge in [-0.3, -0.25) is 14.5 Å². The van der Waals surface area contributed by atoms with Gasteiger partial charge < -0.3 is 9.64 Å². The van der Waals surface area contributed by atoms with Crippen LogP contribution < -0.4 is 0 Å². The van der Waals surface area contributed by atoms with E-state index in [1.807, 2.05) is 6.92 Å². The molecule has 0 aromatic heterocycles. The standard InChI is InChI=1S/C20H34N2O4/c1-15(14-21-11-7-5-8-12-21)26-19(25)16-10-6-9-13-22(16)18(24)17(23)20(2,3)4/h15-16H,5-14H2,1-4H3. The molecular weight excluding hydrogens is 332 g/mol. The molecule has 0 radical (unpaired) electrons. The lowest BCUT2D eigenvalue weighted by molar-refractivity contribution is -0.164. The van der Waals surface area contributed by atoms with Gasteiger partial charge in [-0.15, -0.1) is 0 Å². The summed E-state index contributed by atoms with van der Waals surface area (Å²) in [6.07, 6.45) is 5.70. The number of likely N-dealkylation sites (tertiary alicyclic amines) is 2. The molecule has 2 aliphatic rings. The largest absolute Gasteiger partial charge is 0.460 e. The number of ether oxygens (including phenoxy) is 1. The van der Waals surface area contributed by atoms with Crippen molar-refractivity contribution in [3.8, 4) is 0 Å². The Morgan fingerprint density at radius 2 is 1.62 bits per heavy atom. The number of esters is 1. The molecule has 0 aromatic carbocycles. The van der Waals surface area contributed by atoms with E-state index in [9.17, 15) is 14.4 Å². The maximum atomic E-state index is 12.7. The third-order valence-electron chi connectivity index (χ3n) is 5.19. The van der Waals surface area contributed by atoms with Gasteiger partial charge in [0, 0.05) is 18.5 Å². The Kier molecular flexibility index (Phi) is 7.21. The molecule has 1 amide bonds. The third kappa shape index (κ3) is 5.53. The van der Waals surface area contributed by atoms with E-state index in [1.165, 1.54) is 24.2 Å². The lowest BCUT2D eigenvalue weighted by Gasteiger charge is -2.36. The number of hydrogen-bond acceptors (Lipinski definition) is 5. The van der Waals surface area contributed by atoms with Crippen LogP contribution in [0, 0.1) is 5.41 Å². The molecule has 148 valence electrons. The van der Waals surface area contributed by atoms with Gasteiger partial charge in [-0.25, -0.2) is 4.79 Å². The normalized spacial score (nSPS) is 23.4. The molecule has 2 atom stereocenters. The van der Waals surface area contributed by atoms with Crippen molar-refractivity contribution in [1.82, 2.24) is 9.80 Å². The molecule has 0 spiro atoms. The van der Waals surface area contributed by atoms with Crippen molar-refractivity contribution in [3.05, 3.63) is 0 Å². The molecule has 26 heavy (non-hydrogen) atoms. The fourth-order valence-corrected chi connectivity index (χ4v) is 3.69. The molecule has 2 heterocycles. The minimum Gasteiger partial charge on any atom is -0.460 e. The molecule has 0 N–H and O–H groups in total. The molecule has 0 aromatic rings. The topological polar surface area (TPSA) is 66.9 Å². The number of Topliss-reactive ketones (excluding diaryl/α,β-unsaturated/α-hetero) is 1. The van der Waals surface area contributed by atoms with Crippen LogP contribution in [0.3, 0.4) is 0 Å². The summed E-state index contributed by atoms with van der Waals surface area (Å²) in [4.78, 5) is 41.4. The highest BCUT2D eigenvalue weighted by Gasteiger charge is 2.39. The fourth-order valence-electron chi connectivity index (χ4n) is 3.69. The SMILES string of the molecule is CC(CN1CCCCC1)OC(=O)C1CCCCN1C(=O)C(=O)C(C)(C)C. The second-order valence-electron chi connectivity index (χ2n) is 8.70. The van der Waals surface area contributed by atoms with Gasteiger partial charge in [-0.1, -0.05) is 27.2 Å². The number of rotatable bonds is 5. The fraction of sp³-hybridized carbons (Fsp3) is 0.850. The summed E-state index contributed by atoms with van der Waals surface area (Å²) in [5.41, 5.74) is -0.745. The Morgan fingerprint density at radius 3 is 2.23 bits per heavy atom. The van der Waals surface area contributed by atoms with Crippen molar-refractivity contribution in [2.45, 2.75) is 78.4 Å². The van der Waals surface area contributed by atoms with Crippen LogP contribution >= 0.6 is 0 Å². The minimum absolute atomic E-state index is 0.210. The second-order valence-corrected chi connectivity index (χ2v) is 8.70. The minimum atomic E-state index is -0.745. The maximum absolute atomic E-state index is 12.7. The van der Waals surface area contributed by atoms with Gasteiger partial charge in [-0.05, 0) is 52.1 Å². The summed E-state index contributed by atoms with van der Waals surface area (Å²) < 4.78 is 5.65. The Bertz CT molecular complexity index is 520. The van der Waals surface area contributed by atoms with E-state index in [0.29, 0.717) is 13.0 Å². The van der Waals surface area contributed by atoms with Gasteiger partial charge in [0.05, 0.1) is 0 Å². The molecule has 2 saturated heterocycles. The third-order valence-corrected chi connectivity index (χ3v) is 5.19. The van der Waals surface area contributed by atoms with Crippen molar-refractivity contribution in [1.29, 1.82) is 0 Å². The van der Waals surface area contributed by atoms with Crippen LogP contribution in [0.5, 0.6) is 0 Å². The summed E-state index contributed by atoms with van der Waals surface area (Å²) in [6.45, 7) is 10.4. The lowest BCUT2D eigenvalue weighted by atomic mass is 9.89. The maximum Gasteiger partial charge on any atom is 0.329 e. The smallest absolute Gasteiger partial charge is 0.329 e. The summed E-state index contributed by atoms with van der Waals surface area (Å²) in [6, 6.07) is -0.633. The summed E-state index contributed by atoms with van der Waals surface area (Å²) in [5, 5.41) is 0. The summed E-state index contributed by atoms with van der Waals surface area (Å²) >= 11 is 0. The number of nitrogens with zero attached hydrogens (tertiary/aromatic N) is 2. The lowest BCUT2D eigenvalue weighted by Crippen LogP contribution is -2.53. The van der Waals surface area contributed by atoms with E-state index in [2.05, 4.69) is 4.90 Å². The first kappa shape index (κ1) is 20.9. The van der Waals surface area contributed by atoms with Crippen LogP contribution in [0.1, 0.15) is 66.2 Å². The molecule has 2 rings (SSSR count). The summed E-state index contributed by atoms with van der Waals surface area (Å²) in [5.74, 6) is -1.37. The zero-order valence-electron chi connectivity index (χ0n) is 16.8. The van der Waals surface area contributed by atoms with E-state index < -0.39 is 23.1 Å². The van der Waals surface area contributed by atoms with Crippen molar-refractivity contribution < 1.29 is 19.1 Å². The average Bonchev–Trinajstić information content (AvgIpc) is 2.60. The van der Waals surface area contributed by atoms with Crippen LogP contribution in [-0.2, 0) is 19.1 Å². The van der Waals surface area contributed by atoms with E-state index in [4.69, 9.17) is 4.74 Å². The second kappa shape index (κ2) is 8.98. The average molecular weight is 367 g/mol. The molecule has 6 heteroatoms. The highest BCUT2D eigenvalue weighted by Crippen LogP contribution is 2.23. The van der Waals surface area contributed by atoms with E-state index in [-0.39, 0.29) is 12.1 Å². The van der Waals surface area contributed by atoms with Crippen LogP contribution in [0.25, 0.3) is 0 Å². The van der Waals surface area contributed by atoms with Crippen molar-refractivity contribution >= 4 is 17.7 Å². The number of hydrogen-bond donors (Lipinski definition) is 0. The first-order chi connectivity index (χ1) is 12.2. The van der Waals surface area contributed by atoms with Gasteiger partial charge in [-0.2, -0.15) is 0 Å². The van der Waals surface area contributed by atoms with Crippen LogP contribution in [0.2, 0.25) is 0 Å². The number of amides is 1. The first-order valence-electron chi connectivity index (χ1n) is 9.98. The Hall–Kier alpha value is -1.43. The monoisotopic (exact) mass is 366 g/mol. The number of piperidine rings is 2. The van der Waals surface area contributed by atoms with Crippen molar-refractivity contribution in [3.63, 3.8) is 0 Å². The van der Waals surface area contributed by atoms with Gasteiger partial charge in [0.1, 0.15) is 12.1 Å².